The zero-order chi connectivity index (χ0) is 29.2. The van der Waals surface area contributed by atoms with E-state index >= 15 is 0 Å². The quantitative estimate of drug-likeness (QED) is 0.202. The Hall–Kier alpha value is -4.51. The number of nitrogens with one attached hydrogen (secondary N) is 1. The maximum Gasteiger partial charge on any atom is 0.303 e. The molecule has 11 nitrogen and oxygen atoms in total. The Kier molecular flexibility index (Phi) is 10.5. The molecule has 212 valence electrons. The molecule has 1 fully saturated rings. The van der Waals surface area contributed by atoms with Crippen LogP contribution in [0.25, 0.3) is 6.08 Å². The standard InChI is InChI=1S/C29H31NO10/c1-17(31)30-26-28(38-20(4)34)27(37-19(3)33)25(16-36-18(2)32)40-29(26)39-23-13-11-22(12-14-23)24(35)15-10-21-8-6-5-7-9-21/h5-15,25-29H,16H2,1-4H3,(H,30,31)/b15-10-/t25-,26+,27+,28+,29-/m1/s1. The summed E-state index contributed by atoms with van der Waals surface area (Å²) < 4.78 is 27.9. The Morgan fingerprint density at radius 3 is 2.02 bits per heavy atom. The molecule has 0 radical (unpaired) electrons. The first-order valence-corrected chi connectivity index (χ1v) is 12.5. The van der Waals surface area contributed by atoms with Crippen LogP contribution in [0, 0.1) is 0 Å². The largest absolute Gasteiger partial charge is 0.463 e. The maximum atomic E-state index is 12.6. The van der Waals surface area contributed by atoms with Gasteiger partial charge in [0.05, 0.1) is 0 Å². The monoisotopic (exact) mass is 553 g/mol. The topological polar surface area (TPSA) is 144 Å². The lowest BCUT2D eigenvalue weighted by atomic mass is 9.96. The molecular formula is C29H31NO10. The predicted octanol–water partition coefficient (Wildman–Crippen LogP) is 2.62. The summed E-state index contributed by atoms with van der Waals surface area (Å²) in [6.45, 7) is 4.40. The van der Waals surface area contributed by atoms with E-state index in [1.54, 1.807) is 18.2 Å². The van der Waals surface area contributed by atoms with E-state index in [1.807, 2.05) is 30.3 Å². The van der Waals surface area contributed by atoms with Crippen molar-refractivity contribution in [3.05, 3.63) is 71.8 Å². The van der Waals surface area contributed by atoms with Gasteiger partial charge in [0, 0.05) is 33.3 Å². The molecule has 1 heterocycles. The molecule has 3 rings (SSSR count). The van der Waals surface area contributed by atoms with Crippen molar-refractivity contribution in [3.8, 4) is 5.75 Å². The lowest BCUT2D eigenvalue weighted by Crippen LogP contribution is -2.67. The Labute approximate surface area is 231 Å². The van der Waals surface area contributed by atoms with E-state index in [1.165, 1.54) is 32.1 Å². The van der Waals surface area contributed by atoms with Crippen LogP contribution in [0.2, 0.25) is 0 Å². The van der Waals surface area contributed by atoms with Gasteiger partial charge in [-0.3, -0.25) is 24.0 Å². The zero-order valence-corrected chi connectivity index (χ0v) is 22.5. The van der Waals surface area contributed by atoms with Crippen LogP contribution in [0.3, 0.4) is 0 Å². The van der Waals surface area contributed by atoms with Crippen LogP contribution in [0.1, 0.15) is 43.6 Å². The van der Waals surface area contributed by atoms with Gasteiger partial charge in [0.15, 0.2) is 18.0 Å². The van der Waals surface area contributed by atoms with E-state index in [2.05, 4.69) is 5.32 Å². The third-order valence-electron chi connectivity index (χ3n) is 5.69. The van der Waals surface area contributed by atoms with Crippen molar-refractivity contribution in [1.29, 1.82) is 0 Å². The van der Waals surface area contributed by atoms with Gasteiger partial charge < -0.3 is 29.0 Å². The number of ketones is 1. The number of amides is 1. The highest BCUT2D eigenvalue weighted by Gasteiger charge is 2.51. The Morgan fingerprint density at radius 2 is 1.45 bits per heavy atom. The summed E-state index contributed by atoms with van der Waals surface area (Å²) in [6.07, 6.45) is -1.67. The molecule has 2 aromatic rings. The SMILES string of the molecule is CC(=O)N[C@@H]1[C@H](Oc2ccc(C(=O)/C=C\c3ccccc3)cc2)O[C@H](COC(C)=O)[C@H](OC(C)=O)[C@H]1OC(C)=O. The Bertz CT molecular complexity index is 1240. The van der Waals surface area contributed by atoms with Crippen molar-refractivity contribution in [2.45, 2.75) is 58.3 Å². The fourth-order valence-corrected chi connectivity index (χ4v) is 4.06. The second-order valence-electron chi connectivity index (χ2n) is 8.97. The number of ether oxygens (including phenoxy) is 5. The van der Waals surface area contributed by atoms with Gasteiger partial charge in [0.1, 0.15) is 24.5 Å². The highest BCUT2D eigenvalue weighted by Crippen LogP contribution is 2.29. The van der Waals surface area contributed by atoms with Crippen LogP contribution in [0.5, 0.6) is 5.75 Å². The van der Waals surface area contributed by atoms with Gasteiger partial charge in [-0.1, -0.05) is 36.4 Å². The van der Waals surface area contributed by atoms with Crippen LogP contribution in [0.15, 0.2) is 60.7 Å². The fraction of sp³-hybridized carbons (Fsp3) is 0.345. The molecule has 0 aromatic heterocycles. The van der Waals surface area contributed by atoms with Gasteiger partial charge >= 0.3 is 17.9 Å². The van der Waals surface area contributed by atoms with Gasteiger partial charge in [0.2, 0.25) is 12.2 Å². The Balaban J connectivity index is 1.86. The van der Waals surface area contributed by atoms with E-state index in [9.17, 15) is 24.0 Å². The van der Waals surface area contributed by atoms with Crippen molar-refractivity contribution >= 4 is 35.7 Å². The normalized spacial score (nSPS) is 22.1. The number of rotatable bonds is 10. The molecule has 1 N–H and O–H groups in total. The minimum Gasteiger partial charge on any atom is -0.463 e. The number of benzene rings is 2. The Morgan fingerprint density at radius 1 is 0.825 bits per heavy atom. The van der Waals surface area contributed by atoms with Crippen molar-refractivity contribution < 1.29 is 47.7 Å². The van der Waals surface area contributed by atoms with Crippen LogP contribution in [-0.4, -0.2) is 66.8 Å². The summed E-state index contributed by atoms with van der Waals surface area (Å²) in [7, 11) is 0. The minimum absolute atomic E-state index is 0.221. The summed E-state index contributed by atoms with van der Waals surface area (Å²) in [6, 6.07) is 14.5. The molecule has 2 aromatic carbocycles. The molecule has 1 aliphatic rings. The number of hydrogen-bond donors (Lipinski definition) is 1. The van der Waals surface area contributed by atoms with Gasteiger partial charge in [-0.05, 0) is 35.9 Å². The first-order chi connectivity index (χ1) is 19.0. The lowest BCUT2D eigenvalue weighted by molar-refractivity contribution is -0.257. The third kappa shape index (κ3) is 8.77. The fourth-order valence-electron chi connectivity index (χ4n) is 4.06. The first kappa shape index (κ1) is 30.0. The molecular weight excluding hydrogens is 522 g/mol. The zero-order valence-electron chi connectivity index (χ0n) is 22.5. The molecule has 0 aliphatic carbocycles. The second-order valence-corrected chi connectivity index (χ2v) is 8.97. The second kappa shape index (κ2) is 14.0. The number of hydrogen-bond acceptors (Lipinski definition) is 10. The van der Waals surface area contributed by atoms with Crippen LogP contribution >= 0.6 is 0 Å². The number of allylic oxidation sites excluding steroid dienone is 1. The molecule has 1 amide bonds. The van der Waals surface area contributed by atoms with Crippen LogP contribution in [-0.2, 0) is 38.1 Å². The maximum absolute atomic E-state index is 12.6. The number of carbonyl (C=O) groups is 5. The average molecular weight is 554 g/mol. The summed E-state index contributed by atoms with van der Waals surface area (Å²) in [5.41, 5.74) is 1.29. The molecule has 0 saturated carbocycles. The summed E-state index contributed by atoms with van der Waals surface area (Å²) in [5, 5.41) is 2.63. The lowest BCUT2D eigenvalue weighted by Gasteiger charge is -2.44. The van der Waals surface area contributed by atoms with E-state index in [4.69, 9.17) is 23.7 Å². The minimum atomic E-state index is -1.26. The van der Waals surface area contributed by atoms with Crippen molar-refractivity contribution in [2.24, 2.45) is 0 Å². The number of esters is 3. The molecule has 1 aliphatic heterocycles. The van der Waals surface area contributed by atoms with E-state index in [0.29, 0.717) is 5.56 Å². The van der Waals surface area contributed by atoms with Gasteiger partial charge in [-0.15, -0.1) is 0 Å². The molecule has 40 heavy (non-hydrogen) atoms. The van der Waals surface area contributed by atoms with Gasteiger partial charge in [-0.25, -0.2) is 0 Å². The van der Waals surface area contributed by atoms with Gasteiger partial charge in [-0.2, -0.15) is 0 Å². The van der Waals surface area contributed by atoms with E-state index in [0.717, 1.165) is 19.4 Å². The predicted molar refractivity (Wildman–Crippen MR) is 141 cm³/mol. The molecule has 11 heteroatoms. The molecule has 0 unspecified atom stereocenters. The van der Waals surface area contributed by atoms with Crippen molar-refractivity contribution in [2.75, 3.05) is 6.61 Å². The van der Waals surface area contributed by atoms with E-state index in [-0.39, 0.29) is 18.1 Å². The highest BCUT2D eigenvalue weighted by atomic mass is 16.7. The van der Waals surface area contributed by atoms with Crippen molar-refractivity contribution in [1.82, 2.24) is 5.32 Å². The molecule has 0 spiro atoms. The number of carbonyl (C=O) groups excluding carboxylic acids is 5. The summed E-state index contributed by atoms with van der Waals surface area (Å²) in [4.78, 5) is 60.0. The first-order valence-electron chi connectivity index (χ1n) is 12.5. The molecule has 1 saturated heterocycles. The van der Waals surface area contributed by atoms with Crippen LogP contribution < -0.4 is 10.1 Å². The smallest absolute Gasteiger partial charge is 0.303 e. The highest BCUT2D eigenvalue weighted by molar-refractivity contribution is 6.06. The van der Waals surface area contributed by atoms with Crippen molar-refractivity contribution in [3.63, 3.8) is 0 Å². The summed E-state index contributed by atoms with van der Waals surface area (Å²) >= 11 is 0. The third-order valence-corrected chi connectivity index (χ3v) is 5.69. The van der Waals surface area contributed by atoms with Crippen LogP contribution in [0.4, 0.5) is 0 Å². The molecule has 0 bridgehead atoms. The van der Waals surface area contributed by atoms with E-state index < -0.39 is 54.5 Å². The average Bonchev–Trinajstić information content (AvgIpc) is 2.89. The summed E-state index contributed by atoms with van der Waals surface area (Å²) in [5.74, 6) is -2.48. The van der Waals surface area contributed by atoms with Gasteiger partial charge in [0.25, 0.3) is 0 Å². The molecule has 5 atom stereocenters.